The molecule has 1 atom stereocenters. The Bertz CT molecular complexity index is 311. The summed E-state index contributed by atoms with van der Waals surface area (Å²) >= 11 is 0. The molecule has 0 aromatic heterocycles. The van der Waals surface area contributed by atoms with Gasteiger partial charge in [0.1, 0.15) is 0 Å². The summed E-state index contributed by atoms with van der Waals surface area (Å²) in [5.41, 5.74) is 3.02. The first-order valence-corrected chi connectivity index (χ1v) is 7.72. The molecule has 1 saturated heterocycles. The van der Waals surface area contributed by atoms with Crippen LogP contribution in [0.2, 0.25) is 0 Å². The van der Waals surface area contributed by atoms with Crippen molar-refractivity contribution in [3.8, 4) is 0 Å². The van der Waals surface area contributed by atoms with Gasteiger partial charge in [-0.2, -0.15) is 0 Å². The molecular weight excluding hydrogens is 234 g/mol. The van der Waals surface area contributed by atoms with Crippen LogP contribution in [0.25, 0.3) is 0 Å². The highest BCUT2D eigenvalue weighted by atomic mass is 16.5. The summed E-state index contributed by atoms with van der Waals surface area (Å²) in [6.45, 7) is 16.4. The van der Waals surface area contributed by atoms with Crippen LogP contribution in [0, 0.1) is 11.8 Å². The quantitative estimate of drug-likeness (QED) is 0.676. The zero-order valence-electron chi connectivity index (χ0n) is 13.4. The average Bonchev–Trinajstić information content (AvgIpc) is 2.42. The van der Waals surface area contributed by atoms with Crippen molar-refractivity contribution in [2.24, 2.45) is 11.8 Å². The van der Waals surface area contributed by atoms with E-state index in [0.717, 1.165) is 32.8 Å². The Morgan fingerprint density at radius 3 is 2.37 bits per heavy atom. The van der Waals surface area contributed by atoms with Gasteiger partial charge in [0.05, 0.1) is 13.2 Å². The maximum absolute atomic E-state index is 5.42. The van der Waals surface area contributed by atoms with Crippen LogP contribution in [-0.2, 0) is 4.74 Å². The van der Waals surface area contributed by atoms with Crippen LogP contribution in [0.3, 0.4) is 0 Å². The fourth-order valence-corrected chi connectivity index (χ4v) is 2.31. The van der Waals surface area contributed by atoms with E-state index in [1.165, 1.54) is 12.0 Å². The third kappa shape index (κ3) is 5.92. The number of hydrogen-bond acceptors (Lipinski definition) is 2. The lowest BCUT2D eigenvalue weighted by molar-refractivity contribution is 0.0414. The Morgan fingerprint density at radius 1 is 1.21 bits per heavy atom. The second-order valence-electron chi connectivity index (χ2n) is 6.00. The van der Waals surface area contributed by atoms with Crippen molar-refractivity contribution in [2.75, 3.05) is 32.8 Å². The van der Waals surface area contributed by atoms with E-state index < -0.39 is 0 Å². The van der Waals surface area contributed by atoms with Crippen molar-refractivity contribution in [1.29, 1.82) is 0 Å². The van der Waals surface area contributed by atoms with Gasteiger partial charge < -0.3 is 4.74 Å². The van der Waals surface area contributed by atoms with Gasteiger partial charge >= 0.3 is 0 Å². The number of nitrogens with zero attached hydrogens (tertiary/aromatic N) is 1. The first-order chi connectivity index (χ1) is 9.04. The molecule has 1 fully saturated rings. The van der Waals surface area contributed by atoms with E-state index in [2.05, 4.69) is 51.7 Å². The van der Waals surface area contributed by atoms with Crippen molar-refractivity contribution in [1.82, 2.24) is 4.90 Å². The van der Waals surface area contributed by atoms with Crippen LogP contribution in [-0.4, -0.2) is 37.7 Å². The lowest BCUT2D eigenvalue weighted by Crippen LogP contribution is -2.38. The standard InChI is InChI=1S/C17H31NO/c1-6-15(4)7-8-16(5)17(14(2)3)13-18-9-11-19-12-10-18/h7-8,14-15H,6,9-13H2,1-5H3/b8-7-,17-16+/t15-/m1/s1. The minimum Gasteiger partial charge on any atom is -0.379 e. The van der Waals surface area contributed by atoms with Gasteiger partial charge in [0.2, 0.25) is 0 Å². The molecule has 0 unspecified atom stereocenters. The highest BCUT2D eigenvalue weighted by Gasteiger charge is 2.15. The molecule has 1 aliphatic rings. The normalized spacial score (nSPS) is 20.9. The van der Waals surface area contributed by atoms with E-state index in [9.17, 15) is 0 Å². The van der Waals surface area contributed by atoms with Crippen LogP contribution in [0.15, 0.2) is 23.3 Å². The van der Waals surface area contributed by atoms with E-state index in [1.807, 2.05) is 0 Å². The third-order valence-corrected chi connectivity index (χ3v) is 4.02. The SMILES string of the molecule is CC[C@@H](C)/C=C\C(C)=C(/CN1CCOCC1)C(C)C. The predicted octanol–water partition coefficient (Wildman–Crippen LogP) is 3.89. The van der Waals surface area contributed by atoms with E-state index in [4.69, 9.17) is 4.74 Å². The van der Waals surface area contributed by atoms with Gasteiger partial charge in [0.15, 0.2) is 0 Å². The van der Waals surface area contributed by atoms with Crippen molar-refractivity contribution >= 4 is 0 Å². The Balaban J connectivity index is 2.70. The van der Waals surface area contributed by atoms with Crippen molar-refractivity contribution < 1.29 is 4.74 Å². The smallest absolute Gasteiger partial charge is 0.0594 e. The van der Waals surface area contributed by atoms with E-state index in [0.29, 0.717) is 11.8 Å². The molecule has 1 aliphatic heterocycles. The lowest BCUT2D eigenvalue weighted by atomic mass is 9.96. The van der Waals surface area contributed by atoms with E-state index >= 15 is 0 Å². The maximum atomic E-state index is 5.42. The minimum absolute atomic E-state index is 0.615. The number of ether oxygens (including phenoxy) is 1. The lowest BCUT2D eigenvalue weighted by Gasteiger charge is -2.29. The van der Waals surface area contributed by atoms with Crippen molar-refractivity contribution in [3.63, 3.8) is 0 Å². The summed E-state index contributed by atoms with van der Waals surface area (Å²) in [5, 5.41) is 0. The number of rotatable bonds is 6. The van der Waals surface area contributed by atoms with Crippen LogP contribution >= 0.6 is 0 Å². The second-order valence-corrected chi connectivity index (χ2v) is 6.00. The third-order valence-electron chi connectivity index (χ3n) is 4.02. The predicted molar refractivity (Wildman–Crippen MR) is 83.4 cm³/mol. The second kappa shape index (κ2) is 8.55. The summed E-state index contributed by atoms with van der Waals surface area (Å²) in [6, 6.07) is 0. The molecule has 2 heteroatoms. The van der Waals surface area contributed by atoms with Crippen LogP contribution in [0.1, 0.15) is 41.0 Å². The first-order valence-electron chi connectivity index (χ1n) is 7.72. The van der Waals surface area contributed by atoms with Crippen LogP contribution in [0.5, 0.6) is 0 Å². The highest BCUT2D eigenvalue weighted by Crippen LogP contribution is 2.19. The summed E-state index contributed by atoms with van der Waals surface area (Å²) in [5.74, 6) is 1.29. The minimum atomic E-state index is 0.615. The van der Waals surface area contributed by atoms with Gasteiger partial charge in [-0.05, 0) is 18.8 Å². The number of hydrogen-bond donors (Lipinski definition) is 0. The molecule has 0 spiro atoms. The highest BCUT2D eigenvalue weighted by molar-refractivity contribution is 5.26. The fourth-order valence-electron chi connectivity index (χ4n) is 2.31. The first kappa shape index (κ1) is 16.5. The Labute approximate surface area is 119 Å². The van der Waals surface area contributed by atoms with Crippen LogP contribution in [0.4, 0.5) is 0 Å². The summed E-state index contributed by atoms with van der Waals surface area (Å²) < 4.78 is 5.42. The molecule has 0 aromatic rings. The molecule has 0 aromatic carbocycles. The average molecular weight is 265 g/mol. The van der Waals surface area contributed by atoms with Gasteiger partial charge in [-0.1, -0.05) is 57.4 Å². The zero-order chi connectivity index (χ0) is 14.3. The largest absolute Gasteiger partial charge is 0.379 e. The van der Waals surface area contributed by atoms with Crippen molar-refractivity contribution in [3.05, 3.63) is 23.3 Å². The van der Waals surface area contributed by atoms with Gasteiger partial charge in [0, 0.05) is 19.6 Å². The van der Waals surface area contributed by atoms with Gasteiger partial charge in [0.25, 0.3) is 0 Å². The van der Waals surface area contributed by atoms with Crippen molar-refractivity contribution in [2.45, 2.75) is 41.0 Å². The molecule has 0 radical (unpaired) electrons. The van der Waals surface area contributed by atoms with Gasteiger partial charge in [-0.3, -0.25) is 4.90 Å². The Morgan fingerprint density at radius 2 is 1.84 bits per heavy atom. The number of allylic oxidation sites excluding steroid dienone is 3. The Kier molecular flexibility index (Phi) is 7.40. The topological polar surface area (TPSA) is 12.5 Å². The molecule has 1 heterocycles. The summed E-state index contributed by atoms with van der Waals surface area (Å²) in [4.78, 5) is 2.51. The zero-order valence-corrected chi connectivity index (χ0v) is 13.4. The van der Waals surface area contributed by atoms with Gasteiger partial charge in [-0.15, -0.1) is 0 Å². The van der Waals surface area contributed by atoms with E-state index in [-0.39, 0.29) is 0 Å². The fraction of sp³-hybridized carbons (Fsp3) is 0.765. The monoisotopic (exact) mass is 265 g/mol. The maximum Gasteiger partial charge on any atom is 0.0594 e. The molecule has 0 N–H and O–H groups in total. The molecule has 1 rings (SSSR count). The molecule has 0 bridgehead atoms. The molecule has 19 heavy (non-hydrogen) atoms. The molecule has 2 nitrogen and oxygen atoms in total. The summed E-state index contributed by atoms with van der Waals surface area (Å²) in [7, 11) is 0. The number of morpholine rings is 1. The van der Waals surface area contributed by atoms with Crippen LogP contribution < -0.4 is 0 Å². The van der Waals surface area contributed by atoms with Gasteiger partial charge in [-0.25, -0.2) is 0 Å². The molecule has 0 saturated carbocycles. The molecular formula is C17H31NO. The molecule has 0 aliphatic carbocycles. The Hall–Kier alpha value is -0.600. The van der Waals surface area contributed by atoms with E-state index in [1.54, 1.807) is 5.57 Å². The molecule has 0 amide bonds. The molecule has 110 valence electrons. The summed E-state index contributed by atoms with van der Waals surface area (Å²) in [6.07, 6.45) is 5.88.